The first-order valence-corrected chi connectivity index (χ1v) is 8.62. The number of hydrogen-bond donors (Lipinski definition) is 0. The average molecular weight is 337 g/mol. The predicted molar refractivity (Wildman–Crippen MR) is 87.3 cm³/mol. The number of aryl methyl sites for hydroxylation is 1. The van der Waals surface area contributed by atoms with E-state index >= 15 is 0 Å². The highest BCUT2D eigenvalue weighted by molar-refractivity contribution is 5.78. The van der Waals surface area contributed by atoms with Crippen LogP contribution in [0.3, 0.4) is 0 Å². The standard InChI is InChI=1S/C16H27N5O3/c1-12-8-21(6-7-23-12)16(22)11-20-5-4-14(9-20)19(3)10-15-17-13(2)24-18-15/h12,14H,4-11H2,1-3H3/t12-,14+/m1/s1. The zero-order chi connectivity index (χ0) is 17.1. The first kappa shape index (κ1) is 17.3. The van der Waals surface area contributed by atoms with Gasteiger partial charge in [-0.2, -0.15) is 4.98 Å². The lowest BCUT2D eigenvalue weighted by molar-refractivity contribution is -0.139. The van der Waals surface area contributed by atoms with Gasteiger partial charge in [0.2, 0.25) is 11.8 Å². The van der Waals surface area contributed by atoms with Crippen LogP contribution in [0.4, 0.5) is 0 Å². The molecule has 1 aromatic rings. The molecule has 2 aliphatic heterocycles. The monoisotopic (exact) mass is 337 g/mol. The summed E-state index contributed by atoms with van der Waals surface area (Å²) in [6.45, 7) is 8.88. The van der Waals surface area contributed by atoms with Crippen molar-refractivity contribution in [2.75, 3.05) is 46.4 Å². The molecule has 2 fully saturated rings. The van der Waals surface area contributed by atoms with Gasteiger partial charge >= 0.3 is 0 Å². The largest absolute Gasteiger partial charge is 0.375 e. The number of likely N-dealkylation sites (tertiary alicyclic amines) is 1. The summed E-state index contributed by atoms with van der Waals surface area (Å²) >= 11 is 0. The maximum absolute atomic E-state index is 12.5. The van der Waals surface area contributed by atoms with Crippen LogP contribution in [0.15, 0.2) is 4.52 Å². The number of carbonyl (C=O) groups is 1. The number of aromatic nitrogens is 2. The number of morpholine rings is 1. The molecule has 3 rings (SSSR count). The van der Waals surface area contributed by atoms with Crippen molar-refractivity contribution in [3.05, 3.63) is 11.7 Å². The zero-order valence-electron chi connectivity index (χ0n) is 14.8. The highest BCUT2D eigenvalue weighted by Gasteiger charge is 2.29. The van der Waals surface area contributed by atoms with Gasteiger partial charge in [0.05, 0.1) is 25.8 Å². The number of hydrogen-bond acceptors (Lipinski definition) is 7. The van der Waals surface area contributed by atoms with Crippen molar-refractivity contribution in [1.29, 1.82) is 0 Å². The summed E-state index contributed by atoms with van der Waals surface area (Å²) in [5, 5.41) is 3.95. The van der Waals surface area contributed by atoms with Gasteiger partial charge in [-0.05, 0) is 20.4 Å². The van der Waals surface area contributed by atoms with Crippen LogP contribution in [0.5, 0.6) is 0 Å². The van der Waals surface area contributed by atoms with Crippen molar-refractivity contribution in [3.8, 4) is 0 Å². The Morgan fingerprint density at radius 3 is 2.92 bits per heavy atom. The van der Waals surface area contributed by atoms with Crippen LogP contribution in [0.25, 0.3) is 0 Å². The smallest absolute Gasteiger partial charge is 0.236 e. The molecule has 1 aromatic heterocycles. The molecule has 8 nitrogen and oxygen atoms in total. The molecule has 0 spiro atoms. The minimum absolute atomic E-state index is 0.138. The third-order valence-corrected chi connectivity index (χ3v) is 4.78. The van der Waals surface area contributed by atoms with Crippen molar-refractivity contribution < 1.29 is 14.1 Å². The lowest BCUT2D eigenvalue weighted by Gasteiger charge is -2.32. The summed E-state index contributed by atoms with van der Waals surface area (Å²) in [4.78, 5) is 23.1. The van der Waals surface area contributed by atoms with Crippen LogP contribution in [0.1, 0.15) is 25.1 Å². The van der Waals surface area contributed by atoms with Gasteiger partial charge in [-0.3, -0.25) is 14.6 Å². The molecule has 134 valence electrons. The van der Waals surface area contributed by atoms with Gasteiger partial charge in [0, 0.05) is 39.1 Å². The van der Waals surface area contributed by atoms with Gasteiger partial charge in [-0.1, -0.05) is 5.16 Å². The summed E-state index contributed by atoms with van der Waals surface area (Å²) in [6.07, 6.45) is 1.19. The summed E-state index contributed by atoms with van der Waals surface area (Å²) in [6, 6.07) is 0.417. The SMILES string of the molecule is Cc1nc(CN(C)[C@H]2CCN(CC(=O)N3CCO[C@H](C)C3)C2)no1. The minimum Gasteiger partial charge on any atom is -0.375 e. The Morgan fingerprint density at radius 1 is 1.38 bits per heavy atom. The molecule has 2 atom stereocenters. The van der Waals surface area contributed by atoms with Gasteiger partial charge in [0.15, 0.2) is 5.82 Å². The van der Waals surface area contributed by atoms with E-state index in [1.54, 1.807) is 6.92 Å². The van der Waals surface area contributed by atoms with Crippen LogP contribution in [0, 0.1) is 6.92 Å². The Hall–Kier alpha value is -1.51. The van der Waals surface area contributed by atoms with E-state index in [0.717, 1.165) is 19.5 Å². The van der Waals surface area contributed by atoms with Gasteiger partial charge in [-0.15, -0.1) is 0 Å². The molecule has 2 saturated heterocycles. The Kier molecular flexibility index (Phi) is 5.47. The summed E-state index contributed by atoms with van der Waals surface area (Å²) in [7, 11) is 2.07. The van der Waals surface area contributed by atoms with Crippen molar-refractivity contribution in [1.82, 2.24) is 24.8 Å². The third-order valence-electron chi connectivity index (χ3n) is 4.78. The van der Waals surface area contributed by atoms with Crippen molar-refractivity contribution in [2.24, 2.45) is 0 Å². The highest BCUT2D eigenvalue weighted by atomic mass is 16.5. The van der Waals surface area contributed by atoms with Crippen LogP contribution in [-0.4, -0.2) is 89.3 Å². The summed E-state index contributed by atoms with van der Waals surface area (Å²) in [5.41, 5.74) is 0. The molecule has 8 heteroatoms. The Balaban J connectivity index is 1.45. The molecule has 3 heterocycles. The van der Waals surface area contributed by atoms with Gasteiger partial charge in [0.25, 0.3) is 0 Å². The number of nitrogens with zero attached hydrogens (tertiary/aromatic N) is 5. The van der Waals surface area contributed by atoms with Gasteiger partial charge in [0.1, 0.15) is 0 Å². The number of amides is 1. The minimum atomic E-state index is 0.138. The van der Waals surface area contributed by atoms with Crippen molar-refractivity contribution in [3.63, 3.8) is 0 Å². The third kappa shape index (κ3) is 4.31. The molecule has 2 aliphatic rings. The molecule has 0 bridgehead atoms. The zero-order valence-corrected chi connectivity index (χ0v) is 14.8. The van der Waals surface area contributed by atoms with E-state index in [-0.39, 0.29) is 12.0 Å². The molecule has 0 aromatic carbocycles. The molecule has 1 amide bonds. The Morgan fingerprint density at radius 2 is 2.21 bits per heavy atom. The summed E-state index contributed by atoms with van der Waals surface area (Å²) < 4.78 is 10.5. The highest BCUT2D eigenvalue weighted by Crippen LogP contribution is 2.16. The second-order valence-corrected chi connectivity index (χ2v) is 6.84. The van der Waals surface area contributed by atoms with Crippen LogP contribution < -0.4 is 0 Å². The first-order valence-electron chi connectivity index (χ1n) is 8.62. The average Bonchev–Trinajstić information content (AvgIpc) is 3.16. The number of rotatable bonds is 5. The van der Waals surface area contributed by atoms with Crippen LogP contribution in [0.2, 0.25) is 0 Å². The lowest BCUT2D eigenvalue weighted by Crippen LogP contribution is -2.48. The number of ether oxygens (including phenoxy) is 1. The molecular weight excluding hydrogens is 310 g/mol. The summed E-state index contributed by atoms with van der Waals surface area (Å²) in [5.74, 6) is 1.52. The first-order chi connectivity index (χ1) is 11.5. The topological polar surface area (TPSA) is 74.9 Å². The maximum Gasteiger partial charge on any atom is 0.236 e. The van der Waals surface area contributed by atoms with E-state index in [2.05, 4.69) is 27.0 Å². The number of carbonyl (C=O) groups excluding carboxylic acids is 1. The fraction of sp³-hybridized carbons (Fsp3) is 0.812. The van der Waals surface area contributed by atoms with E-state index < -0.39 is 0 Å². The normalized spacial score (nSPS) is 25.6. The second-order valence-electron chi connectivity index (χ2n) is 6.84. The van der Waals surface area contributed by atoms with E-state index in [0.29, 0.717) is 50.5 Å². The van der Waals surface area contributed by atoms with Crippen molar-refractivity contribution in [2.45, 2.75) is 39.0 Å². The lowest BCUT2D eigenvalue weighted by atomic mass is 10.2. The fourth-order valence-corrected chi connectivity index (χ4v) is 3.41. The molecule has 0 unspecified atom stereocenters. The molecule has 0 radical (unpaired) electrons. The predicted octanol–water partition coefficient (Wildman–Crippen LogP) is 0.131. The van der Waals surface area contributed by atoms with Gasteiger partial charge < -0.3 is 14.2 Å². The van der Waals surface area contributed by atoms with Crippen molar-refractivity contribution >= 4 is 5.91 Å². The molecular formula is C16H27N5O3. The molecule has 0 N–H and O–H groups in total. The van der Waals surface area contributed by atoms with E-state index in [1.165, 1.54) is 0 Å². The van der Waals surface area contributed by atoms with E-state index in [9.17, 15) is 4.79 Å². The van der Waals surface area contributed by atoms with E-state index in [4.69, 9.17) is 9.26 Å². The van der Waals surface area contributed by atoms with E-state index in [1.807, 2.05) is 11.8 Å². The fourth-order valence-electron chi connectivity index (χ4n) is 3.41. The van der Waals surface area contributed by atoms with Crippen LogP contribution in [-0.2, 0) is 16.1 Å². The number of likely N-dealkylation sites (N-methyl/N-ethyl adjacent to an activating group) is 1. The Labute approximate surface area is 142 Å². The molecule has 24 heavy (non-hydrogen) atoms. The molecule has 0 saturated carbocycles. The van der Waals surface area contributed by atoms with Gasteiger partial charge in [-0.25, -0.2) is 0 Å². The van der Waals surface area contributed by atoms with Crippen LogP contribution >= 0.6 is 0 Å². The second kappa shape index (κ2) is 7.58. The maximum atomic E-state index is 12.5. The quantitative estimate of drug-likeness (QED) is 0.756. The molecule has 0 aliphatic carbocycles. The Bertz CT molecular complexity index is 564.